The van der Waals surface area contributed by atoms with E-state index in [1.807, 2.05) is 0 Å². The predicted molar refractivity (Wildman–Crippen MR) is 56.9 cm³/mol. The molecule has 0 spiro atoms. The molecule has 0 aliphatic carbocycles. The number of halogens is 1. The van der Waals surface area contributed by atoms with Crippen LogP contribution in [0.1, 0.15) is 0 Å². The molecule has 0 unspecified atom stereocenters. The Morgan fingerprint density at radius 1 is 1.47 bits per heavy atom. The van der Waals surface area contributed by atoms with Crippen LogP contribution < -0.4 is 14.8 Å². The van der Waals surface area contributed by atoms with E-state index in [0.717, 1.165) is 6.07 Å². The maximum Gasteiger partial charge on any atom is 0.314 e. The normalized spacial score (nSPS) is 15.2. The minimum atomic E-state index is -0.760. The lowest BCUT2D eigenvalue weighted by Gasteiger charge is -2.27. The third kappa shape index (κ3) is 2.28. The number of nitro benzene ring substituents is 1. The monoisotopic (exact) mass is 242 g/mol. The molecule has 2 rings (SSSR count). The van der Waals surface area contributed by atoms with Crippen molar-refractivity contribution in [1.29, 1.82) is 0 Å². The van der Waals surface area contributed by atoms with Gasteiger partial charge in [0.15, 0.2) is 11.6 Å². The van der Waals surface area contributed by atoms with E-state index >= 15 is 0 Å². The number of hydrogen-bond donors (Lipinski definition) is 1. The van der Waals surface area contributed by atoms with Gasteiger partial charge in [-0.15, -0.1) is 0 Å². The van der Waals surface area contributed by atoms with Gasteiger partial charge in [0.25, 0.3) is 0 Å². The first-order chi connectivity index (χ1) is 8.11. The first-order valence-corrected chi connectivity index (χ1v) is 5.01. The lowest BCUT2D eigenvalue weighted by atomic mass is 10.2. The van der Waals surface area contributed by atoms with Gasteiger partial charge in [0, 0.05) is 19.2 Å². The molecule has 92 valence electrons. The van der Waals surface area contributed by atoms with Crippen LogP contribution in [0.25, 0.3) is 0 Å². The second-order valence-electron chi connectivity index (χ2n) is 3.61. The smallest absolute Gasteiger partial charge is 0.314 e. The van der Waals surface area contributed by atoms with Crippen LogP contribution >= 0.6 is 0 Å². The summed E-state index contributed by atoms with van der Waals surface area (Å²) in [6, 6.07) is 2.01. The van der Waals surface area contributed by atoms with Crippen LogP contribution in [0.15, 0.2) is 12.1 Å². The Morgan fingerprint density at radius 3 is 2.65 bits per heavy atom. The second kappa shape index (κ2) is 4.54. The Labute approximate surface area is 96.5 Å². The highest BCUT2D eigenvalue weighted by atomic mass is 19.1. The zero-order valence-electron chi connectivity index (χ0n) is 9.10. The van der Waals surface area contributed by atoms with Gasteiger partial charge >= 0.3 is 5.69 Å². The fourth-order valence-electron chi connectivity index (χ4n) is 1.45. The molecule has 1 heterocycles. The van der Waals surface area contributed by atoms with E-state index in [9.17, 15) is 14.5 Å². The summed E-state index contributed by atoms with van der Waals surface area (Å²) in [5.74, 6) is -0.804. The standard InChI is InChI=1S/C10H11FN2O4/c1-16-10-3-9(17-6-4-12-5-6)7(11)2-8(10)13(14)15/h2-3,6,12H,4-5H2,1H3. The summed E-state index contributed by atoms with van der Waals surface area (Å²) >= 11 is 0. The van der Waals surface area contributed by atoms with Gasteiger partial charge in [-0.05, 0) is 0 Å². The maximum atomic E-state index is 13.5. The fourth-order valence-corrected chi connectivity index (χ4v) is 1.45. The molecule has 0 aromatic heterocycles. The van der Waals surface area contributed by atoms with Crippen molar-refractivity contribution >= 4 is 5.69 Å². The molecule has 0 bridgehead atoms. The highest BCUT2D eigenvalue weighted by Gasteiger charge is 2.24. The van der Waals surface area contributed by atoms with Gasteiger partial charge in [-0.2, -0.15) is 0 Å². The molecule has 1 aliphatic rings. The van der Waals surface area contributed by atoms with Crippen molar-refractivity contribution in [2.45, 2.75) is 6.10 Å². The molecule has 1 aliphatic heterocycles. The highest BCUT2D eigenvalue weighted by molar-refractivity contribution is 5.51. The van der Waals surface area contributed by atoms with Crippen LogP contribution in [-0.2, 0) is 0 Å². The molecule has 6 nitrogen and oxygen atoms in total. The topological polar surface area (TPSA) is 73.6 Å². The summed E-state index contributed by atoms with van der Waals surface area (Å²) in [6.45, 7) is 1.28. The van der Waals surface area contributed by atoms with E-state index in [1.165, 1.54) is 13.2 Å². The molecular weight excluding hydrogens is 231 g/mol. The summed E-state index contributed by atoms with van der Waals surface area (Å²) in [4.78, 5) is 9.94. The van der Waals surface area contributed by atoms with Crippen LogP contribution in [0.5, 0.6) is 11.5 Å². The minimum Gasteiger partial charge on any atom is -0.490 e. The predicted octanol–water partition coefficient (Wildman–Crippen LogP) is 1.09. The molecule has 1 aromatic carbocycles. The number of nitrogens with one attached hydrogen (secondary N) is 1. The van der Waals surface area contributed by atoms with Crippen LogP contribution in [0.2, 0.25) is 0 Å². The third-order valence-corrected chi connectivity index (χ3v) is 2.47. The van der Waals surface area contributed by atoms with Gasteiger partial charge < -0.3 is 14.8 Å². The van der Waals surface area contributed by atoms with Gasteiger partial charge in [0.1, 0.15) is 6.10 Å². The van der Waals surface area contributed by atoms with Crippen LogP contribution in [0, 0.1) is 15.9 Å². The molecule has 0 radical (unpaired) electrons. The summed E-state index contributed by atoms with van der Waals surface area (Å²) in [5, 5.41) is 13.6. The van der Waals surface area contributed by atoms with Gasteiger partial charge in [0.2, 0.25) is 5.75 Å². The van der Waals surface area contributed by atoms with E-state index < -0.39 is 16.4 Å². The third-order valence-electron chi connectivity index (χ3n) is 2.47. The quantitative estimate of drug-likeness (QED) is 0.632. The number of nitrogens with zero attached hydrogens (tertiary/aromatic N) is 1. The van der Waals surface area contributed by atoms with E-state index in [0.29, 0.717) is 13.1 Å². The van der Waals surface area contributed by atoms with Crippen molar-refractivity contribution < 1.29 is 18.8 Å². The largest absolute Gasteiger partial charge is 0.490 e. The Bertz CT molecular complexity index is 448. The highest BCUT2D eigenvalue weighted by Crippen LogP contribution is 2.34. The van der Waals surface area contributed by atoms with E-state index in [-0.39, 0.29) is 17.6 Å². The number of benzene rings is 1. The summed E-state index contributed by atoms with van der Waals surface area (Å²) < 4.78 is 23.7. The molecule has 0 atom stereocenters. The summed E-state index contributed by atoms with van der Waals surface area (Å²) in [5.41, 5.74) is -0.413. The molecule has 1 N–H and O–H groups in total. The van der Waals surface area contributed by atoms with Crippen molar-refractivity contribution in [3.8, 4) is 11.5 Å². The van der Waals surface area contributed by atoms with E-state index in [1.54, 1.807) is 0 Å². The van der Waals surface area contributed by atoms with Crippen LogP contribution in [0.3, 0.4) is 0 Å². The van der Waals surface area contributed by atoms with E-state index in [2.05, 4.69) is 5.32 Å². The van der Waals surface area contributed by atoms with Crippen LogP contribution in [-0.4, -0.2) is 31.2 Å². The zero-order chi connectivity index (χ0) is 12.4. The molecule has 0 amide bonds. The number of nitro groups is 1. The fraction of sp³-hybridized carbons (Fsp3) is 0.400. The van der Waals surface area contributed by atoms with Gasteiger partial charge in [-0.3, -0.25) is 10.1 Å². The minimum absolute atomic E-state index is 0.0151. The first-order valence-electron chi connectivity index (χ1n) is 5.01. The number of methoxy groups -OCH3 is 1. The van der Waals surface area contributed by atoms with Crippen molar-refractivity contribution in [1.82, 2.24) is 5.32 Å². The van der Waals surface area contributed by atoms with Gasteiger partial charge in [-0.1, -0.05) is 0 Å². The zero-order valence-corrected chi connectivity index (χ0v) is 9.10. The Hall–Kier alpha value is -1.89. The van der Waals surface area contributed by atoms with Gasteiger partial charge in [0.05, 0.1) is 18.1 Å². The molecule has 0 saturated carbocycles. The van der Waals surface area contributed by atoms with Crippen molar-refractivity contribution in [3.05, 3.63) is 28.1 Å². The first kappa shape index (κ1) is 11.6. The number of hydrogen-bond acceptors (Lipinski definition) is 5. The van der Waals surface area contributed by atoms with Crippen molar-refractivity contribution in [2.75, 3.05) is 20.2 Å². The Balaban J connectivity index is 2.29. The number of ether oxygens (including phenoxy) is 2. The number of rotatable bonds is 4. The molecule has 7 heteroatoms. The van der Waals surface area contributed by atoms with Crippen molar-refractivity contribution in [3.63, 3.8) is 0 Å². The Morgan fingerprint density at radius 2 is 2.18 bits per heavy atom. The molecule has 1 aromatic rings. The lowest BCUT2D eigenvalue weighted by Crippen LogP contribution is -2.50. The summed E-state index contributed by atoms with van der Waals surface area (Å²) in [6.07, 6.45) is -0.101. The van der Waals surface area contributed by atoms with Crippen molar-refractivity contribution in [2.24, 2.45) is 0 Å². The lowest BCUT2D eigenvalue weighted by molar-refractivity contribution is -0.386. The molecule has 1 fully saturated rings. The SMILES string of the molecule is COc1cc(OC2CNC2)c(F)cc1[N+](=O)[O-]. The average molecular weight is 242 g/mol. The van der Waals surface area contributed by atoms with E-state index in [4.69, 9.17) is 9.47 Å². The second-order valence-corrected chi connectivity index (χ2v) is 3.61. The Kier molecular flexibility index (Phi) is 3.10. The van der Waals surface area contributed by atoms with Gasteiger partial charge in [-0.25, -0.2) is 4.39 Å². The molecule has 17 heavy (non-hydrogen) atoms. The summed E-state index contributed by atoms with van der Waals surface area (Å²) in [7, 11) is 1.29. The maximum absolute atomic E-state index is 13.5. The molecular formula is C10H11FN2O4. The van der Waals surface area contributed by atoms with Crippen LogP contribution in [0.4, 0.5) is 10.1 Å². The average Bonchev–Trinajstić information content (AvgIpc) is 2.24. The molecule has 1 saturated heterocycles.